The van der Waals surface area contributed by atoms with Gasteiger partial charge in [0.2, 0.25) is 5.03 Å². The van der Waals surface area contributed by atoms with Crippen molar-refractivity contribution in [3.8, 4) is 5.69 Å². The summed E-state index contributed by atoms with van der Waals surface area (Å²) in [5, 5.41) is 18.1. The third-order valence-electron chi connectivity index (χ3n) is 7.81. The molecule has 0 amide bonds. The van der Waals surface area contributed by atoms with Gasteiger partial charge in [-0.25, -0.2) is 13.1 Å². The molecule has 38 heavy (non-hydrogen) atoms. The second kappa shape index (κ2) is 8.88. The summed E-state index contributed by atoms with van der Waals surface area (Å²) in [7, 11) is -0.227. The molecule has 1 aliphatic rings. The second-order valence-corrected chi connectivity index (χ2v) is 12.1. The Balaban J connectivity index is 1.45. The number of aryl methyl sites for hydroxylation is 3. The Morgan fingerprint density at radius 3 is 2.45 bits per heavy atom. The molecule has 1 fully saturated rings. The van der Waals surface area contributed by atoms with Gasteiger partial charge in [-0.1, -0.05) is 30.3 Å². The minimum absolute atomic E-state index is 0.0178. The molecule has 3 aromatic heterocycles. The molecule has 1 unspecified atom stereocenters. The highest BCUT2D eigenvalue weighted by molar-refractivity contribution is 7.89. The molecule has 4 heterocycles. The van der Waals surface area contributed by atoms with Crippen LogP contribution in [0.3, 0.4) is 0 Å². The lowest BCUT2D eigenvalue weighted by molar-refractivity contribution is 0.412. The van der Waals surface area contributed by atoms with Crippen molar-refractivity contribution in [3.05, 3.63) is 83.4 Å². The molecular formula is C27H30N8O2S. The van der Waals surface area contributed by atoms with Gasteiger partial charge in [0.1, 0.15) is 5.69 Å². The van der Waals surface area contributed by atoms with Crippen molar-refractivity contribution in [1.82, 2.24) is 38.9 Å². The van der Waals surface area contributed by atoms with E-state index in [2.05, 4.69) is 46.5 Å². The van der Waals surface area contributed by atoms with Gasteiger partial charge in [-0.05, 0) is 55.5 Å². The van der Waals surface area contributed by atoms with Crippen LogP contribution in [0, 0.1) is 13.8 Å². The zero-order valence-corrected chi connectivity index (χ0v) is 22.7. The van der Waals surface area contributed by atoms with Crippen LogP contribution in [0.1, 0.15) is 28.8 Å². The van der Waals surface area contributed by atoms with Gasteiger partial charge in [-0.2, -0.15) is 24.4 Å². The third-order valence-corrected chi connectivity index (χ3v) is 9.52. The topological polar surface area (TPSA) is 104 Å². The van der Waals surface area contributed by atoms with Crippen molar-refractivity contribution >= 4 is 20.9 Å². The first-order valence-corrected chi connectivity index (χ1v) is 14.0. The molecule has 196 valence electrons. The lowest BCUT2D eigenvalue weighted by Gasteiger charge is -2.32. The van der Waals surface area contributed by atoms with Crippen molar-refractivity contribution in [3.63, 3.8) is 0 Å². The van der Waals surface area contributed by atoms with Gasteiger partial charge in [0, 0.05) is 38.0 Å². The molecule has 1 aliphatic heterocycles. The zero-order valence-electron chi connectivity index (χ0n) is 21.9. The van der Waals surface area contributed by atoms with E-state index in [0.29, 0.717) is 19.5 Å². The highest BCUT2D eigenvalue weighted by Crippen LogP contribution is 2.42. The van der Waals surface area contributed by atoms with E-state index in [9.17, 15) is 8.42 Å². The van der Waals surface area contributed by atoms with E-state index < -0.39 is 15.4 Å². The molecule has 0 spiro atoms. The van der Waals surface area contributed by atoms with E-state index >= 15 is 0 Å². The van der Waals surface area contributed by atoms with Crippen LogP contribution in [0.15, 0.2) is 66.1 Å². The summed E-state index contributed by atoms with van der Waals surface area (Å²) < 4.78 is 32.3. The first-order chi connectivity index (χ1) is 18.2. The highest BCUT2D eigenvalue weighted by atomic mass is 32.2. The number of hydrogen-bond acceptors (Lipinski definition) is 6. The Morgan fingerprint density at radius 2 is 1.76 bits per heavy atom. The maximum Gasteiger partial charge on any atom is 0.264 e. The molecular weight excluding hydrogens is 500 g/mol. The Hall–Kier alpha value is -3.83. The van der Waals surface area contributed by atoms with Crippen LogP contribution in [-0.4, -0.2) is 60.4 Å². The Morgan fingerprint density at radius 1 is 0.974 bits per heavy atom. The first kappa shape index (κ1) is 24.5. The standard InChI is InChI=1S/C27H30N8O2S/c1-19-12-24-22(15-30-35(24)25-16-28-32(3)20(25)2)13-23(19)27(14-21-8-6-5-7-9-21)10-11-34(18-27)38(36,37)26-17-29-33(4)31-26/h5-9,12-13,15-17H,10-11,14,18H2,1-4H3. The first-order valence-electron chi connectivity index (χ1n) is 12.6. The Labute approximate surface area is 221 Å². The number of hydrogen-bond donors (Lipinski definition) is 0. The number of fused-ring (bicyclic) bond motifs is 1. The minimum atomic E-state index is -3.77. The quantitative estimate of drug-likeness (QED) is 0.334. The Bertz CT molecular complexity index is 1750. The predicted octanol–water partition coefficient (Wildman–Crippen LogP) is 3.08. The number of nitrogens with zero attached hydrogens (tertiary/aromatic N) is 8. The minimum Gasteiger partial charge on any atom is -0.271 e. The summed E-state index contributed by atoms with van der Waals surface area (Å²) in [6.07, 6.45) is 6.45. The van der Waals surface area contributed by atoms with Gasteiger partial charge in [-0.3, -0.25) is 4.68 Å². The van der Waals surface area contributed by atoms with E-state index in [4.69, 9.17) is 5.10 Å². The van der Waals surface area contributed by atoms with Crippen LogP contribution < -0.4 is 0 Å². The molecule has 2 aromatic carbocycles. The fourth-order valence-electron chi connectivity index (χ4n) is 5.70. The van der Waals surface area contributed by atoms with Gasteiger partial charge in [0.25, 0.3) is 10.0 Å². The van der Waals surface area contributed by atoms with Crippen LogP contribution in [0.5, 0.6) is 0 Å². The van der Waals surface area contributed by atoms with Crippen LogP contribution >= 0.6 is 0 Å². The molecule has 1 saturated heterocycles. The molecule has 5 aromatic rings. The third kappa shape index (κ3) is 3.93. The van der Waals surface area contributed by atoms with Crippen molar-refractivity contribution in [2.45, 2.75) is 37.1 Å². The lowest BCUT2D eigenvalue weighted by atomic mass is 9.73. The number of aromatic nitrogens is 7. The molecule has 11 heteroatoms. The van der Waals surface area contributed by atoms with E-state index in [0.717, 1.165) is 39.8 Å². The largest absolute Gasteiger partial charge is 0.271 e. The molecule has 10 nitrogen and oxygen atoms in total. The molecule has 0 aliphatic carbocycles. The summed E-state index contributed by atoms with van der Waals surface area (Å²) in [4.78, 5) is 1.28. The zero-order chi connectivity index (χ0) is 26.7. The normalized spacial score (nSPS) is 18.5. The van der Waals surface area contributed by atoms with E-state index in [1.54, 1.807) is 11.4 Å². The van der Waals surface area contributed by atoms with E-state index in [1.807, 2.05) is 53.9 Å². The van der Waals surface area contributed by atoms with Crippen molar-refractivity contribution < 1.29 is 8.42 Å². The smallest absolute Gasteiger partial charge is 0.264 e. The summed E-state index contributed by atoms with van der Waals surface area (Å²) >= 11 is 0. The molecule has 0 bridgehead atoms. The van der Waals surface area contributed by atoms with Crippen LogP contribution in [-0.2, 0) is 36.0 Å². The molecule has 0 saturated carbocycles. The molecule has 1 atom stereocenters. The average Bonchev–Trinajstić information content (AvgIpc) is 3.68. The molecule has 6 rings (SSSR count). The number of benzene rings is 2. The van der Waals surface area contributed by atoms with Crippen molar-refractivity contribution in [2.24, 2.45) is 14.1 Å². The molecule has 0 N–H and O–H groups in total. The fraction of sp³-hybridized carbons (Fsp3) is 0.333. The van der Waals surface area contributed by atoms with Gasteiger partial charge in [0.15, 0.2) is 0 Å². The van der Waals surface area contributed by atoms with Gasteiger partial charge >= 0.3 is 0 Å². The summed E-state index contributed by atoms with van der Waals surface area (Å²) in [6.45, 7) is 4.91. The SMILES string of the molecule is Cc1cc2c(cnn2-c2cnn(C)c2C)cc1C1(Cc2ccccc2)CCN(S(=O)(=O)c2cnn(C)n2)C1. The second-order valence-electron chi connectivity index (χ2n) is 10.2. The maximum atomic E-state index is 13.5. The van der Waals surface area contributed by atoms with Crippen LogP contribution in [0.2, 0.25) is 0 Å². The predicted molar refractivity (Wildman–Crippen MR) is 144 cm³/mol. The van der Waals surface area contributed by atoms with Crippen LogP contribution in [0.4, 0.5) is 0 Å². The fourth-order valence-corrected chi connectivity index (χ4v) is 7.11. The summed E-state index contributed by atoms with van der Waals surface area (Å²) in [5.41, 5.74) is 5.99. The van der Waals surface area contributed by atoms with Gasteiger partial charge < -0.3 is 0 Å². The van der Waals surface area contributed by atoms with Gasteiger partial charge in [-0.15, -0.1) is 5.10 Å². The van der Waals surface area contributed by atoms with E-state index in [-0.39, 0.29) is 5.03 Å². The maximum absolute atomic E-state index is 13.5. The van der Waals surface area contributed by atoms with Gasteiger partial charge in [0.05, 0.1) is 29.8 Å². The number of rotatable bonds is 6. The summed E-state index contributed by atoms with van der Waals surface area (Å²) in [6, 6.07) is 14.6. The summed E-state index contributed by atoms with van der Waals surface area (Å²) in [5.74, 6) is 0. The van der Waals surface area contributed by atoms with E-state index in [1.165, 1.54) is 16.6 Å². The van der Waals surface area contributed by atoms with Crippen molar-refractivity contribution in [2.75, 3.05) is 13.1 Å². The lowest BCUT2D eigenvalue weighted by Crippen LogP contribution is -2.36. The Kier molecular flexibility index (Phi) is 5.73. The number of sulfonamides is 1. The van der Waals surface area contributed by atoms with Crippen molar-refractivity contribution in [1.29, 1.82) is 0 Å². The average molecular weight is 531 g/mol. The molecule has 0 radical (unpaired) electrons. The monoisotopic (exact) mass is 530 g/mol. The van der Waals surface area contributed by atoms with Crippen LogP contribution in [0.25, 0.3) is 16.6 Å². The highest BCUT2D eigenvalue weighted by Gasteiger charge is 2.45.